The van der Waals surface area contributed by atoms with Gasteiger partial charge in [-0.1, -0.05) is 45.7 Å². The van der Waals surface area contributed by atoms with Crippen LogP contribution in [0.4, 0.5) is 0 Å². The van der Waals surface area contributed by atoms with E-state index in [9.17, 15) is 0 Å². The molecule has 5 heteroatoms. The Morgan fingerprint density at radius 2 is 1.44 bits per heavy atom. The molecule has 2 nitrogen and oxygen atoms in total. The lowest BCUT2D eigenvalue weighted by molar-refractivity contribution is 0.450. The molecule has 0 heterocycles. The van der Waals surface area contributed by atoms with Gasteiger partial charge in [0.05, 0.1) is 17.9 Å². The quantitative estimate of drug-likeness (QED) is 0.658. The minimum atomic E-state index is -1.55. The second-order valence-electron chi connectivity index (χ2n) is 5.07. The van der Waals surface area contributed by atoms with Crippen molar-refractivity contribution in [2.75, 3.05) is 13.1 Å². The Morgan fingerprint density at radius 1 is 1.06 bits per heavy atom. The SMILES string of the molecule is C=C[Si](C)(N(CC)CC)N([SiH](C)C)[SiH](C)C. The van der Waals surface area contributed by atoms with Crippen molar-refractivity contribution in [2.45, 2.75) is 46.6 Å². The zero-order valence-corrected chi connectivity index (χ0v) is 15.6. The molecule has 0 N–H and O–H groups in total. The largest absolute Gasteiger partial charge is 0.358 e. The highest BCUT2D eigenvalue weighted by atomic mass is 28.4. The minimum absolute atomic E-state index is 0.726. The summed E-state index contributed by atoms with van der Waals surface area (Å²) in [5.74, 6) is 0. The average molecular weight is 275 g/mol. The van der Waals surface area contributed by atoms with Gasteiger partial charge in [-0.25, -0.2) is 0 Å². The smallest absolute Gasteiger partial charge is 0.214 e. The van der Waals surface area contributed by atoms with E-state index in [1.54, 1.807) is 0 Å². The van der Waals surface area contributed by atoms with Crippen molar-refractivity contribution in [1.29, 1.82) is 0 Å². The first-order chi connectivity index (χ1) is 7.34. The summed E-state index contributed by atoms with van der Waals surface area (Å²) >= 11 is 0. The van der Waals surface area contributed by atoms with Crippen molar-refractivity contribution in [3.05, 3.63) is 12.3 Å². The van der Waals surface area contributed by atoms with Crippen molar-refractivity contribution in [1.82, 2.24) is 8.46 Å². The third-order valence-corrected chi connectivity index (χ3v) is 19.2. The molecule has 0 amide bonds. The van der Waals surface area contributed by atoms with E-state index in [4.69, 9.17) is 0 Å². The van der Waals surface area contributed by atoms with Gasteiger partial charge in [-0.2, -0.15) is 0 Å². The summed E-state index contributed by atoms with van der Waals surface area (Å²) in [7, 11) is -3.01. The molecule has 0 saturated heterocycles. The van der Waals surface area contributed by atoms with E-state index in [1.165, 1.54) is 0 Å². The van der Waals surface area contributed by atoms with Crippen molar-refractivity contribution >= 4 is 26.3 Å². The van der Waals surface area contributed by atoms with Gasteiger partial charge in [0, 0.05) is 0 Å². The fourth-order valence-electron chi connectivity index (χ4n) is 2.90. The van der Waals surface area contributed by atoms with Gasteiger partial charge in [0.2, 0.25) is 8.40 Å². The molecule has 0 fully saturated rings. The van der Waals surface area contributed by atoms with Crippen molar-refractivity contribution in [3.8, 4) is 0 Å². The summed E-state index contributed by atoms with van der Waals surface area (Å²) in [4.78, 5) is 0. The van der Waals surface area contributed by atoms with Crippen LogP contribution in [0, 0.1) is 0 Å². The van der Waals surface area contributed by atoms with E-state index in [2.05, 4.69) is 67.3 Å². The Bertz CT molecular complexity index is 209. The predicted octanol–water partition coefficient (Wildman–Crippen LogP) is 2.39. The Hall–Kier alpha value is 0.311. The number of rotatable bonds is 7. The molecule has 0 radical (unpaired) electrons. The molecule has 0 aromatic carbocycles. The maximum Gasteiger partial charge on any atom is 0.214 e. The van der Waals surface area contributed by atoms with E-state index in [1.807, 2.05) is 0 Å². The topological polar surface area (TPSA) is 6.48 Å². The fourth-order valence-corrected chi connectivity index (χ4v) is 19.7. The van der Waals surface area contributed by atoms with Crippen LogP contribution >= 0.6 is 0 Å². The summed E-state index contributed by atoms with van der Waals surface area (Å²) in [5.41, 5.74) is 2.29. The molecule has 0 saturated carbocycles. The third kappa shape index (κ3) is 3.40. The fraction of sp³-hybridized carbons (Fsp3) is 0.818. The molecule has 16 heavy (non-hydrogen) atoms. The monoisotopic (exact) mass is 274 g/mol. The van der Waals surface area contributed by atoms with Crippen LogP contribution in [-0.4, -0.2) is 47.9 Å². The Kier molecular flexibility index (Phi) is 7.04. The van der Waals surface area contributed by atoms with Gasteiger partial charge in [0.1, 0.15) is 0 Å². The molecular formula is C11H30N2Si3. The third-order valence-electron chi connectivity index (χ3n) is 3.43. The summed E-state index contributed by atoms with van der Waals surface area (Å²) < 4.78 is 5.60. The van der Waals surface area contributed by atoms with Gasteiger partial charge in [0.15, 0.2) is 0 Å². The molecule has 1 unspecified atom stereocenters. The maximum absolute atomic E-state index is 4.16. The number of nitrogens with zero attached hydrogens (tertiary/aromatic N) is 2. The van der Waals surface area contributed by atoms with Gasteiger partial charge in [-0.3, -0.25) is 0 Å². The maximum atomic E-state index is 4.16. The van der Waals surface area contributed by atoms with Crippen LogP contribution in [0.2, 0.25) is 32.7 Å². The average Bonchev–Trinajstić information content (AvgIpc) is 2.18. The Morgan fingerprint density at radius 3 is 1.62 bits per heavy atom. The van der Waals surface area contributed by atoms with Gasteiger partial charge in [-0.15, -0.1) is 6.58 Å². The van der Waals surface area contributed by atoms with Crippen molar-refractivity contribution in [3.63, 3.8) is 0 Å². The summed E-state index contributed by atoms with van der Waals surface area (Å²) in [6.07, 6.45) is 0. The highest BCUT2D eigenvalue weighted by Crippen LogP contribution is 2.20. The van der Waals surface area contributed by atoms with Crippen LogP contribution in [-0.2, 0) is 0 Å². The van der Waals surface area contributed by atoms with Gasteiger partial charge in [-0.05, 0) is 19.6 Å². The van der Waals surface area contributed by atoms with E-state index < -0.39 is 26.3 Å². The van der Waals surface area contributed by atoms with Crippen LogP contribution in [0.15, 0.2) is 12.3 Å². The lowest BCUT2D eigenvalue weighted by atomic mass is 10.7. The van der Waals surface area contributed by atoms with E-state index in [-0.39, 0.29) is 0 Å². The molecule has 0 aromatic rings. The molecular weight excluding hydrogens is 244 g/mol. The van der Waals surface area contributed by atoms with Gasteiger partial charge in [0.25, 0.3) is 0 Å². The Labute approximate surface area is 107 Å². The molecule has 1 atom stereocenters. The predicted molar refractivity (Wildman–Crippen MR) is 84.3 cm³/mol. The Balaban J connectivity index is 5.24. The minimum Gasteiger partial charge on any atom is -0.358 e. The number of hydrogen-bond donors (Lipinski definition) is 0. The van der Waals surface area contributed by atoms with E-state index in [0.29, 0.717) is 0 Å². The van der Waals surface area contributed by atoms with Crippen LogP contribution in [0.5, 0.6) is 0 Å². The standard InChI is InChI=1S/C11H30N2Si3/c1-9-12(10-2)16(8,11-3)13(14(4)5)15(6)7/h11,14-15H,3,9-10H2,1-2,4-8H3. The van der Waals surface area contributed by atoms with E-state index >= 15 is 0 Å². The normalized spacial score (nSPS) is 16.2. The van der Waals surface area contributed by atoms with E-state index in [0.717, 1.165) is 13.1 Å². The van der Waals surface area contributed by atoms with Crippen LogP contribution in [0.3, 0.4) is 0 Å². The van der Waals surface area contributed by atoms with Crippen LogP contribution in [0.25, 0.3) is 0 Å². The second kappa shape index (κ2) is 6.90. The molecule has 0 aliphatic carbocycles. The highest BCUT2D eigenvalue weighted by Gasteiger charge is 2.39. The summed E-state index contributed by atoms with van der Waals surface area (Å²) in [6, 6.07) is 0. The molecule has 0 aliphatic rings. The van der Waals surface area contributed by atoms with Crippen molar-refractivity contribution in [2.24, 2.45) is 0 Å². The van der Waals surface area contributed by atoms with Crippen LogP contribution < -0.4 is 0 Å². The molecule has 0 rings (SSSR count). The first-order valence-corrected chi connectivity index (χ1v) is 14.6. The van der Waals surface area contributed by atoms with Gasteiger partial charge < -0.3 is 8.46 Å². The molecule has 0 aliphatic heterocycles. The van der Waals surface area contributed by atoms with Gasteiger partial charge >= 0.3 is 0 Å². The lowest BCUT2D eigenvalue weighted by Gasteiger charge is -2.49. The summed E-state index contributed by atoms with van der Waals surface area (Å²) in [5, 5.41) is 0. The lowest BCUT2D eigenvalue weighted by Crippen LogP contribution is -2.68. The summed E-state index contributed by atoms with van der Waals surface area (Å²) in [6.45, 7) is 23.4. The number of hydrogen-bond acceptors (Lipinski definition) is 2. The zero-order chi connectivity index (χ0) is 12.9. The first kappa shape index (κ1) is 16.3. The second-order valence-corrected chi connectivity index (χ2v) is 15.9. The molecule has 0 bridgehead atoms. The highest BCUT2D eigenvalue weighted by molar-refractivity contribution is 6.95. The van der Waals surface area contributed by atoms with Crippen LogP contribution in [0.1, 0.15) is 13.8 Å². The zero-order valence-electron chi connectivity index (χ0n) is 12.2. The molecule has 0 spiro atoms. The molecule has 96 valence electrons. The van der Waals surface area contributed by atoms with Crippen molar-refractivity contribution < 1.29 is 0 Å². The first-order valence-electron chi connectivity index (χ1n) is 6.52. The molecule has 0 aromatic heterocycles.